The van der Waals surface area contributed by atoms with Crippen molar-refractivity contribution in [1.82, 2.24) is 9.47 Å². The van der Waals surface area contributed by atoms with Crippen LogP contribution >= 0.6 is 0 Å². The van der Waals surface area contributed by atoms with E-state index in [1.54, 1.807) is 6.08 Å². The van der Waals surface area contributed by atoms with E-state index in [0.717, 1.165) is 24.2 Å². The van der Waals surface area contributed by atoms with Crippen LogP contribution < -0.4 is 0 Å². The number of carbonyl (C=O) groups excluding carboxylic acids is 2. The molecular formula is C21H32N2O3. The van der Waals surface area contributed by atoms with E-state index < -0.39 is 5.54 Å². The molecule has 0 aromatic carbocycles. The number of carbonyl (C=O) groups is 2. The first kappa shape index (κ1) is 20.4. The van der Waals surface area contributed by atoms with Crippen molar-refractivity contribution in [2.75, 3.05) is 13.7 Å². The minimum absolute atomic E-state index is 0.166. The third kappa shape index (κ3) is 4.09. The number of aryl methyl sites for hydroxylation is 1. The quantitative estimate of drug-likeness (QED) is 0.403. The molecule has 0 atom stereocenters. The summed E-state index contributed by atoms with van der Waals surface area (Å²) in [5.41, 5.74) is 1.75. The summed E-state index contributed by atoms with van der Waals surface area (Å²) in [7, 11) is 1.97. The largest absolute Gasteiger partial charge is 0.456 e. The summed E-state index contributed by atoms with van der Waals surface area (Å²) in [6, 6.07) is 2.26. The molecule has 26 heavy (non-hydrogen) atoms. The number of ketones is 1. The summed E-state index contributed by atoms with van der Waals surface area (Å²) in [5.74, 6) is -0.513. The molecule has 1 aliphatic carbocycles. The van der Waals surface area contributed by atoms with Gasteiger partial charge in [-0.2, -0.15) is 0 Å². The Morgan fingerprint density at radius 3 is 2.54 bits per heavy atom. The zero-order valence-electron chi connectivity index (χ0n) is 16.8. The Labute approximate surface area is 157 Å². The lowest BCUT2D eigenvalue weighted by Crippen LogP contribution is -2.52. The van der Waals surface area contributed by atoms with Crippen LogP contribution in [0.4, 0.5) is 0 Å². The third-order valence-electron chi connectivity index (χ3n) is 5.77. The Balaban J connectivity index is 2.01. The van der Waals surface area contributed by atoms with Crippen molar-refractivity contribution in [3.63, 3.8) is 0 Å². The van der Waals surface area contributed by atoms with Gasteiger partial charge in [-0.25, -0.2) is 0 Å². The molecule has 1 aromatic heterocycles. The predicted octanol–water partition coefficient (Wildman–Crippen LogP) is 3.67. The molecule has 1 saturated carbocycles. The normalized spacial score (nSPS) is 15.5. The van der Waals surface area contributed by atoms with Gasteiger partial charge < -0.3 is 9.30 Å². The van der Waals surface area contributed by atoms with E-state index in [1.165, 1.54) is 12.8 Å². The molecule has 144 valence electrons. The van der Waals surface area contributed by atoms with Crippen LogP contribution in [0.2, 0.25) is 0 Å². The lowest BCUT2D eigenvalue weighted by Gasteiger charge is -2.37. The minimum Gasteiger partial charge on any atom is -0.456 e. The summed E-state index contributed by atoms with van der Waals surface area (Å²) in [6.45, 7) is 11.8. The first-order chi connectivity index (χ1) is 12.2. The second-order valence-electron chi connectivity index (χ2n) is 7.79. The molecule has 0 bridgehead atoms. The van der Waals surface area contributed by atoms with Gasteiger partial charge in [0.15, 0.2) is 6.61 Å². The van der Waals surface area contributed by atoms with Crippen molar-refractivity contribution in [2.24, 2.45) is 0 Å². The molecule has 0 unspecified atom stereocenters. The van der Waals surface area contributed by atoms with Crippen LogP contribution in [0.15, 0.2) is 18.7 Å². The molecule has 5 heteroatoms. The number of ether oxygens (including phenoxy) is 1. The molecule has 0 radical (unpaired) electrons. The third-order valence-corrected chi connectivity index (χ3v) is 5.77. The van der Waals surface area contributed by atoms with Gasteiger partial charge in [-0.05, 0) is 53.7 Å². The smallest absolute Gasteiger partial charge is 0.326 e. The molecule has 2 rings (SSSR count). The summed E-state index contributed by atoms with van der Waals surface area (Å²) < 4.78 is 7.44. The molecule has 0 saturated heterocycles. The molecule has 1 heterocycles. The second kappa shape index (κ2) is 8.21. The number of esters is 1. The van der Waals surface area contributed by atoms with Gasteiger partial charge in [0, 0.05) is 29.5 Å². The lowest BCUT2D eigenvalue weighted by molar-refractivity contribution is -0.155. The maximum Gasteiger partial charge on any atom is 0.326 e. The number of rotatable bonds is 8. The number of hydrogen-bond donors (Lipinski definition) is 0. The fourth-order valence-corrected chi connectivity index (χ4v) is 3.77. The van der Waals surface area contributed by atoms with E-state index in [0.29, 0.717) is 18.2 Å². The van der Waals surface area contributed by atoms with Crippen LogP contribution in [0.1, 0.15) is 61.3 Å². The number of likely N-dealkylation sites (N-methyl/N-ethyl adjacent to an activating group) is 1. The van der Waals surface area contributed by atoms with Gasteiger partial charge >= 0.3 is 5.97 Å². The number of allylic oxidation sites excluding steroid dienone is 1. The average Bonchev–Trinajstić information content (AvgIpc) is 3.22. The molecule has 0 N–H and O–H groups in total. The number of aromatic nitrogens is 1. The highest BCUT2D eigenvalue weighted by atomic mass is 16.5. The summed E-state index contributed by atoms with van der Waals surface area (Å²) in [4.78, 5) is 27.3. The minimum atomic E-state index is -0.741. The summed E-state index contributed by atoms with van der Waals surface area (Å²) in [6.07, 6.45) is 6.44. The fourth-order valence-electron chi connectivity index (χ4n) is 3.77. The van der Waals surface area contributed by atoms with E-state index in [9.17, 15) is 9.59 Å². The molecule has 1 aromatic rings. The highest BCUT2D eigenvalue weighted by Gasteiger charge is 2.38. The zero-order valence-corrected chi connectivity index (χ0v) is 16.8. The van der Waals surface area contributed by atoms with Crippen LogP contribution in [0, 0.1) is 13.8 Å². The molecule has 5 nitrogen and oxygen atoms in total. The molecular weight excluding hydrogens is 328 g/mol. The monoisotopic (exact) mass is 360 g/mol. The van der Waals surface area contributed by atoms with Crippen molar-refractivity contribution in [2.45, 2.75) is 71.5 Å². The first-order valence-electron chi connectivity index (χ1n) is 9.41. The van der Waals surface area contributed by atoms with E-state index in [-0.39, 0.29) is 18.4 Å². The summed E-state index contributed by atoms with van der Waals surface area (Å²) >= 11 is 0. The first-order valence-corrected chi connectivity index (χ1v) is 9.41. The van der Waals surface area contributed by atoms with E-state index >= 15 is 0 Å². The zero-order chi connectivity index (χ0) is 19.5. The average molecular weight is 360 g/mol. The van der Waals surface area contributed by atoms with Gasteiger partial charge in [0.05, 0.1) is 0 Å². The van der Waals surface area contributed by atoms with Gasteiger partial charge in [-0.3, -0.25) is 14.5 Å². The van der Waals surface area contributed by atoms with E-state index in [2.05, 4.69) is 11.5 Å². The van der Waals surface area contributed by atoms with Gasteiger partial charge in [-0.15, -0.1) is 6.58 Å². The maximum atomic E-state index is 12.6. The predicted molar refractivity (Wildman–Crippen MR) is 103 cm³/mol. The Hall–Kier alpha value is -1.88. The molecule has 0 amide bonds. The number of hydrogen-bond acceptors (Lipinski definition) is 4. The fraction of sp³-hybridized carbons (Fsp3) is 0.619. The van der Waals surface area contributed by atoms with Gasteiger partial charge in [0.2, 0.25) is 5.78 Å². The highest BCUT2D eigenvalue weighted by molar-refractivity contribution is 5.99. The van der Waals surface area contributed by atoms with Gasteiger partial charge in [0.1, 0.15) is 5.54 Å². The van der Waals surface area contributed by atoms with Crippen LogP contribution in [0.25, 0.3) is 0 Å². The van der Waals surface area contributed by atoms with Crippen molar-refractivity contribution in [1.29, 1.82) is 0 Å². The Morgan fingerprint density at radius 2 is 1.96 bits per heavy atom. The van der Waals surface area contributed by atoms with Crippen LogP contribution in [-0.2, 0) is 16.1 Å². The van der Waals surface area contributed by atoms with Crippen molar-refractivity contribution in [3.05, 3.63) is 35.7 Å². The van der Waals surface area contributed by atoms with Crippen molar-refractivity contribution in [3.8, 4) is 0 Å². The summed E-state index contributed by atoms with van der Waals surface area (Å²) in [5, 5.41) is 0. The Kier molecular flexibility index (Phi) is 6.45. The van der Waals surface area contributed by atoms with E-state index in [4.69, 9.17) is 4.74 Å². The second-order valence-corrected chi connectivity index (χ2v) is 7.79. The molecule has 0 spiro atoms. The van der Waals surface area contributed by atoms with E-state index in [1.807, 2.05) is 45.4 Å². The maximum absolute atomic E-state index is 12.6. The molecule has 0 aliphatic heterocycles. The number of nitrogens with zero attached hydrogens (tertiary/aromatic N) is 2. The Bertz CT molecular complexity index is 682. The van der Waals surface area contributed by atoms with Crippen molar-refractivity contribution < 1.29 is 14.3 Å². The number of Topliss-reactive ketones (excluding diaryl/α,β-unsaturated/α-hetero) is 1. The molecule has 1 fully saturated rings. The van der Waals surface area contributed by atoms with Crippen LogP contribution in [0.3, 0.4) is 0 Å². The SMILES string of the molecule is C=CCn1c(C)cc(C(=O)COC(=O)C(C)(C)N(C)C2CCCC2)c1C. The topological polar surface area (TPSA) is 51.5 Å². The Morgan fingerprint density at radius 1 is 1.35 bits per heavy atom. The lowest BCUT2D eigenvalue weighted by atomic mass is 10.0. The van der Waals surface area contributed by atoms with Gasteiger partial charge in [0.25, 0.3) is 0 Å². The van der Waals surface area contributed by atoms with Crippen LogP contribution in [-0.4, -0.2) is 46.5 Å². The standard InChI is InChI=1S/C21H32N2O3/c1-7-12-23-15(2)13-18(16(23)3)19(24)14-26-20(25)21(4,5)22(6)17-10-8-9-11-17/h7,13,17H,1,8-12,14H2,2-6H3. The van der Waals surface area contributed by atoms with Gasteiger partial charge in [-0.1, -0.05) is 18.9 Å². The van der Waals surface area contributed by atoms with Crippen molar-refractivity contribution >= 4 is 11.8 Å². The van der Waals surface area contributed by atoms with Crippen LogP contribution in [0.5, 0.6) is 0 Å². The molecule has 1 aliphatic rings. The highest BCUT2D eigenvalue weighted by Crippen LogP contribution is 2.28.